The summed E-state index contributed by atoms with van der Waals surface area (Å²) in [6, 6.07) is 0. The van der Waals surface area contributed by atoms with Crippen molar-refractivity contribution in [1.82, 2.24) is 15.0 Å². The maximum atomic E-state index is 5.48. The van der Waals surface area contributed by atoms with Crippen LogP contribution in [0.2, 0.25) is 0 Å². The zero-order valence-corrected chi connectivity index (χ0v) is 7.40. The van der Waals surface area contributed by atoms with E-state index in [1.807, 2.05) is 0 Å². The largest absolute Gasteiger partial charge is 0.369 e. The maximum Gasteiger partial charge on any atom is 0.224 e. The highest BCUT2D eigenvalue weighted by Crippen LogP contribution is 2.31. The lowest BCUT2D eigenvalue weighted by Gasteiger charge is -1.99. The quantitative estimate of drug-likeness (QED) is 0.671. The molecule has 1 fully saturated rings. The average molecular weight is 182 g/mol. The number of nitrogen functional groups attached to an aromatic ring is 1. The first-order valence-corrected chi connectivity index (χ1v) is 4.37. The van der Waals surface area contributed by atoms with Gasteiger partial charge in [0.2, 0.25) is 10.7 Å². The monoisotopic (exact) mass is 182 g/mol. The number of hydrogen-bond acceptors (Lipinski definition) is 4. The standard InChI is InChI=1S/C7H10N4S/c8-6-9-5(3-4-1-2-4)10-7(12)11-6/h4H,1-3H2,(H3,8,9,10,11,12). The van der Waals surface area contributed by atoms with E-state index in [9.17, 15) is 0 Å². The molecule has 0 amide bonds. The molecule has 1 heterocycles. The molecule has 0 bridgehead atoms. The Hall–Kier alpha value is -0.970. The average Bonchev–Trinajstić information content (AvgIpc) is 2.68. The molecule has 1 aromatic rings. The summed E-state index contributed by atoms with van der Waals surface area (Å²) in [6.07, 6.45) is 3.55. The van der Waals surface area contributed by atoms with Crippen LogP contribution in [0, 0.1) is 10.7 Å². The van der Waals surface area contributed by atoms with Crippen molar-refractivity contribution >= 4 is 18.2 Å². The zero-order valence-electron chi connectivity index (χ0n) is 6.58. The van der Waals surface area contributed by atoms with Gasteiger partial charge in [0, 0.05) is 6.42 Å². The molecule has 0 aliphatic heterocycles. The molecule has 1 aliphatic rings. The molecule has 1 aromatic heterocycles. The van der Waals surface area contributed by atoms with Crippen molar-refractivity contribution < 1.29 is 0 Å². The lowest BCUT2D eigenvalue weighted by atomic mass is 10.3. The Morgan fingerprint density at radius 1 is 1.50 bits per heavy atom. The molecule has 0 aromatic carbocycles. The minimum absolute atomic E-state index is 0.335. The van der Waals surface area contributed by atoms with Crippen LogP contribution in [0.5, 0.6) is 0 Å². The SMILES string of the molecule is Nc1nc(=S)nc(CC2CC2)[nH]1. The Morgan fingerprint density at radius 3 is 2.83 bits per heavy atom. The molecule has 1 saturated carbocycles. The second-order valence-corrected chi connectivity index (χ2v) is 3.48. The molecule has 0 spiro atoms. The van der Waals surface area contributed by atoms with E-state index in [-0.39, 0.29) is 0 Å². The number of rotatable bonds is 2. The summed E-state index contributed by atoms with van der Waals surface area (Å²) in [5.74, 6) is 2.02. The third kappa shape index (κ3) is 1.79. The first kappa shape index (κ1) is 7.67. The second kappa shape index (κ2) is 2.82. The molecule has 0 unspecified atom stereocenters. The molecule has 12 heavy (non-hydrogen) atoms. The fourth-order valence-electron chi connectivity index (χ4n) is 1.14. The summed E-state index contributed by atoms with van der Waals surface area (Å²) >= 11 is 4.84. The minimum atomic E-state index is 0.335. The van der Waals surface area contributed by atoms with Gasteiger partial charge in [-0.25, -0.2) is 4.98 Å². The molecular weight excluding hydrogens is 172 g/mol. The van der Waals surface area contributed by atoms with Crippen LogP contribution in [0.25, 0.3) is 0 Å². The molecule has 0 radical (unpaired) electrons. The lowest BCUT2D eigenvalue weighted by molar-refractivity contribution is 0.758. The van der Waals surface area contributed by atoms with Crippen LogP contribution in [0.1, 0.15) is 18.7 Å². The Kier molecular flexibility index (Phi) is 1.80. The van der Waals surface area contributed by atoms with E-state index < -0.39 is 0 Å². The van der Waals surface area contributed by atoms with Gasteiger partial charge in [-0.2, -0.15) is 4.98 Å². The van der Waals surface area contributed by atoms with Gasteiger partial charge in [0.25, 0.3) is 0 Å². The molecule has 3 N–H and O–H groups in total. The Labute approximate surface area is 75.2 Å². The molecule has 4 nitrogen and oxygen atoms in total. The normalized spacial score (nSPS) is 16.3. The topological polar surface area (TPSA) is 67.6 Å². The third-order valence-electron chi connectivity index (χ3n) is 1.90. The van der Waals surface area contributed by atoms with Crippen molar-refractivity contribution in [2.75, 3.05) is 5.73 Å². The van der Waals surface area contributed by atoms with Crippen LogP contribution in [-0.2, 0) is 6.42 Å². The highest BCUT2D eigenvalue weighted by molar-refractivity contribution is 7.71. The van der Waals surface area contributed by atoms with E-state index in [0.717, 1.165) is 18.2 Å². The van der Waals surface area contributed by atoms with E-state index in [2.05, 4.69) is 15.0 Å². The van der Waals surface area contributed by atoms with E-state index in [1.54, 1.807) is 0 Å². The van der Waals surface area contributed by atoms with Gasteiger partial charge < -0.3 is 10.7 Å². The van der Waals surface area contributed by atoms with Gasteiger partial charge in [-0.1, -0.05) is 0 Å². The Balaban J connectivity index is 2.23. The van der Waals surface area contributed by atoms with Crippen molar-refractivity contribution in [2.24, 2.45) is 5.92 Å². The molecule has 0 saturated heterocycles. The summed E-state index contributed by atoms with van der Waals surface area (Å²) in [7, 11) is 0. The van der Waals surface area contributed by atoms with Crippen molar-refractivity contribution in [2.45, 2.75) is 19.3 Å². The van der Waals surface area contributed by atoms with Gasteiger partial charge >= 0.3 is 0 Å². The summed E-state index contributed by atoms with van der Waals surface area (Å²) < 4.78 is 0.335. The lowest BCUT2D eigenvalue weighted by Crippen LogP contribution is -2.03. The molecule has 0 atom stereocenters. The van der Waals surface area contributed by atoms with Crippen LogP contribution in [0.3, 0.4) is 0 Å². The van der Waals surface area contributed by atoms with E-state index >= 15 is 0 Å². The fraction of sp³-hybridized carbons (Fsp3) is 0.571. The van der Waals surface area contributed by atoms with Crippen LogP contribution in [0.15, 0.2) is 0 Å². The van der Waals surface area contributed by atoms with Gasteiger partial charge in [-0.15, -0.1) is 0 Å². The highest BCUT2D eigenvalue weighted by Gasteiger charge is 2.22. The van der Waals surface area contributed by atoms with E-state index in [4.69, 9.17) is 18.0 Å². The van der Waals surface area contributed by atoms with Crippen molar-refractivity contribution in [1.29, 1.82) is 0 Å². The molecule has 1 aliphatic carbocycles. The van der Waals surface area contributed by atoms with Crippen LogP contribution in [0.4, 0.5) is 5.95 Å². The van der Waals surface area contributed by atoms with E-state index in [1.165, 1.54) is 12.8 Å². The first-order chi connectivity index (χ1) is 5.74. The van der Waals surface area contributed by atoms with E-state index in [0.29, 0.717) is 10.7 Å². The third-order valence-corrected chi connectivity index (χ3v) is 2.08. The number of anilines is 1. The minimum Gasteiger partial charge on any atom is -0.369 e. The van der Waals surface area contributed by atoms with Gasteiger partial charge in [0.1, 0.15) is 5.82 Å². The summed E-state index contributed by atoms with van der Waals surface area (Å²) in [5.41, 5.74) is 5.48. The Morgan fingerprint density at radius 2 is 2.25 bits per heavy atom. The number of hydrogen-bond donors (Lipinski definition) is 2. The number of nitrogens with one attached hydrogen (secondary N) is 1. The molecular formula is C7H10N4S. The van der Waals surface area contributed by atoms with Crippen LogP contribution < -0.4 is 5.73 Å². The van der Waals surface area contributed by atoms with Crippen molar-refractivity contribution in [3.63, 3.8) is 0 Å². The zero-order chi connectivity index (χ0) is 8.55. The summed E-state index contributed by atoms with van der Waals surface area (Å²) in [6.45, 7) is 0. The predicted molar refractivity (Wildman–Crippen MR) is 48.1 cm³/mol. The maximum absolute atomic E-state index is 5.48. The summed E-state index contributed by atoms with van der Waals surface area (Å²) in [4.78, 5) is 10.8. The Bertz CT molecular complexity index is 342. The number of aromatic nitrogens is 3. The van der Waals surface area contributed by atoms with Gasteiger partial charge in [-0.3, -0.25) is 0 Å². The molecule has 5 heteroatoms. The second-order valence-electron chi connectivity index (χ2n) is 3.11. The van der Waals surface area contributed by atoms with Crippen molar-refractivity contribution in [3.05, 3.63) is 10.6 Å². The van der Waals surface area contributed by atoms with Gasteiger partial charge in [0.15, 0.2) is 0 Å². The number of nitrogens with two attached hydrogens (primary N) is 1. The number of H-pyrrole nitrogens is 1. The number of aromatic amines is 1. The van der Waals surface area contributed by atoms with Gasteiger partial charge in [0.05, 0.1) is 0 Å². The van der Waals surface area contributed by atoms with Crippen molar-refractivity contribution in [3.8, 4) is 0 Å². The first-order valence-electron chi connectivity index (χ1n) is 3.97. The smallest absolute Gasteiger partial charge is 0.224 e. The fourth-order valence-corrected chi connectivity index (χ4v) is 1.35. The van der Waals surface area contributed by atoms with Crippen LogP contribution >= 0.6 is 12.2 Å². The van der Waals surface area contributed by atoms with Crippen LogP contribution in [-0.4, -0.2) is 15.0 Å². The number of nitrogens with zero attached hydrogens (tertiary/aromatic N) is 2. The molecule has 2 rings (SSSR count). The predicted octanol–water partition coefficient (Wildman–Crippen LogP) is 1.07. The van der Waals surface area contributed by atoms with Gasteiger partial charge in [-0.05, 0) is 31.0 Å². The highest BCUT2D eigenvalue weighted by atomic mass is 32.1. The molecule has 64 valence electrons. The summed E-state index contributed by atoms with van der Waals surface area (Å²) in [5, 5.41) is 0.